The summed E-state index contributed by atoms with van der Waals surface area (Å²) in [6.45, 7) is 6.83. The lowest BCUT2D eigenvalue weighted by atomic mass is 9.92. The molecule has 4 rings (SSSR count). The summed E-state index contributed by atoms with van der Waals surface area (Å²) in [5.74, 6) is -2.02. The number of amides is 2. The van der Waals surface area contributed by atoms with E-state index in [9.17, 15) is 19.5 Å². The molecule has 8 heteroatoms. The van der Waals surface area contributed by atoms with Crippen molar-refractivity contribution in [2.45, 2.75) is 57.2 Å². The van der Waals surface area contributed by atoms with Gasteiger partial charge in [-0.1, -0.05) is 78.9 Å². The van der Waals surface area contributed by atoms with E-state index in [2.05, 4.69) is 10.6 Å². The largest absolute Gasteiger partial charge is 0.480 e. The predicted octanol–water partition coefficient (Wildman–Crippen LogP) is 4.91. The first kappa shape index (κ1) is 28.8. The second kappa shape index (κ2) is 11.9. The Morgan fingerprint density at radius 2 is 1.40 bits per heavy atom. The van der Waals surface area contributed by atoms with Gasteiger partial charge in [0.05, 0.1) is 12.2 Å². The zero-order valence-electron chi connectivity index (χ0n) is 23.3. The first-order chi connectivity index (χ1) is 19.0. The van der Waals surface area contributed by atoms with Crippen LogP contribution < -0.4 is 10.6 Å². The number of carboxylic acids is 1. The molecule has 2 atom stereocenters. The molecule has 40 heavy (non-hydrogen) atoms. The minimum absolute atomic E-state index is 0.0622. The van der Waals surface area contributed by atoms with E-state index >= 15 is 0 Å². The quantitative estimate of drug-likeness (QED) is 0.334. The number of carbonyl (C=O) groups is 3. The topological polar surface area (TPSA) is 114 Å². The molecule has 3 aromatic carbocycles. The maximum absolute atomic E-state index is 13.4. The van der Waals surface area contributed by atoms with Gasteiger partial charge in [-0.25, -0.2) is 9.59 Å². The SMILES string of the molecule is CC(C)(C)OC[C@H](NC(=O)OCC1c2ccccc2-c2ccccc21)C(=O)N[C@@](C)(Cc1ccccc1)C(=O)O. The molecule has 0 spiro atoms. The zero-order valence-corrected chi connectivity index (χ0v) is 23.3. The van der Waals surface area contributed by atoms with Crippen molar-refractivity contribution in [3.05, 3.63) is 95.6 Å². The first-order valence-electron chi connectivity index (χ1n) is 13.3. The summed E-state index contributed by atoms with van der Waals surface area (Å²) in [5, 5.41) is 15.2. The minimum Gasteiger partial charge on any atom is -0.480 e. The Labute approximate surface area is 234 Å². The van der Waals surface area contributed by atoms with E-state index < -0.39 is 35.2 Å². The number of hydrogen-bond donors (Lipinski definition) is 3. The Balaban J connectivity index is 1.46. The monoisotopic (exact) mass is 544 g/mol. The maximum Gasteiger partial charge on any atom is 0.407 e. The molecule has 0 fully saturated rings. The average molecular weight is 545 g/mol. The molecule has 8 nitrogen and oxygen atoms in total. The van der Waals surface area contributed by atoms with E-state index in [4.69, 9.17) is 9.47 Å². The maximum atomic E-state index is 13.4. The van der Waals surface area contributed by atoms with Crippen molar-refractivity contribution < 1.29 is 29.0 Å². The second-order valence-electron chi connectivity index (χ2n) is 11.2. The number of carboxylic acid groups (broad SMARTS) is 1. The molecule has 1 aliphatic carbocycles. The molecule has 0 radical (unpaired) electrons. The highest BCUT2D eigenvalue weighted by Crippen LogP contribution is 2.44. The Kier molecular flexibility index (Phi) is 8.59. The number of carbonyl (C=O) groups excluding carboxylic acids is 2. The van der Waals surface area contributed by atoms with Gasteiger partial charge in [-0.05, 0) is 55.5 Å². The number of aliphatic carboxylic acids is 1. The molecule has 3 N–H and O–H groups in total. The van der Waals surface area contributed by atoms with Crippen molar-refractivity contribution in [1.29, 1.82) is 0 Å². The van der Waals surface area contributed by atoms with E-state index in [1.807, 2.05) is 75.4 Å². The van der Waals surface area contributed by atoms with Crippen LogP contribution in [0.5, 0.6) is 0 Å². The van der Waals surface area contributed by atoms with Gasteiger partial charge in [0.15, 0.2) is 0 Å². The van der Waals surface area contributed by atoms with Gasteiger partial charge in [0, 0.05) is 12.3 Å². The van der Waals surface area contributed by atoms with Gasteiger partial charge in [0.1, 0.15) is 18.2 Å². The molecule has 0 saturated heterocycles. The smallest absolute Gasteiger partial charge is 0.407 e. The standard InChI is InChI=1S/C32H36N2O6/c1-31(2,3)40-20-27(28(35)34-32(4,29(36)37)18-21-12-6-5-7-13-21)33-30(38)39-19-26-24-16-10-8-14-22(24)23-15-9-11-17-25(23)26/h5-17,26-27H,18-20H2,1-4H3,(H,33,38)(H,34,35)(H,36,37)/t27-,32-/m0/s1. The molecule has 3 aromatic rings. The van der Waals surface area contributed by atoms with Crippen LogP contribution in [0.1, 0.15) is 50.3 Å². The second-order valence-corrected chi connectivity index (χ2v) is 11.2. The van der Waals surface area contributed by atoms with E-state index in [-0.39, 0.29) is 25.6 Å². The van der Waals surface area contributed by atoms with Crippen molar-refractivity contribution in [2.24, 2.45) is 0 Å². The molecular formula is C32H36N2O6. The number of benzene rings is 3. The third kappa shape index (κ3) is 6.87. The molecule has 0 heterocycles. The summed E-state index contributed by atoms with van der Waals surface area (Å²) < 4.78 is 11.4. The summed E-state index contributed by atoms with van der Waals surface area (Å²) in [6.07, 6.45) is -0.730. The van der Waals surface area contributed by atoms with E-state index in [1.54, 1.807) is 24.3 Å². The molecule has 2 amide bonds. The molecule has 210 valence electrons. The molecule has 0 saturated carbocycles. The van der Waals surface area contributed by atoms with Gasteiger partial charge in [0.25, 0.3) is 0 Å². The fraction of sp³-hybridized carbons (Fsp3) is 0.344. The number of fused-ring (bicyclic) bond motifs is 3. The lowest BCUT2D eigenvalue weighted by molar-refractivity contribution is -0.147. The van der Waals surface area contributed by atoms with E-state index in [0.717, 1.165) is 27.8 Å². The normalized spacial score (nSPS) is 14.8. The van der Waals surface area contributed by atoms with Crippen molar-refractivity contribution in [3.63, 3.8) is 0 Å². The number of alkyl carbamates (subject to hydrolysis) is 1. The highest BCUT2D eigenvalue weighted by Gasteiger charge is 2.38. The summed E-state index contributed by atoms with van der Waals surface area (Å²) in [7, 11) is 0. The van der Waals surface area contributed by atoms with Crippen LogP contribution in [0.4, 0.5) is 4.79 Å². The number of hydrogen-bond acceptors (Lipinski definition) is 5. The molecule has 0 unspecified atom stereocenters. The lowest BCUT2D eigenvalue weighted by Gasteiger charge is -2.30. The molecular weight excluding hydrogens is 508 g/mol. The van der Waals surface area contributed by atoms with Crippen molar-refractivity contribution in [3.8, 4) is 11.1 Å². The number of rotatable bonds is 10. The Bertz CT molecular complexity index is 1320. The fourth-order valence-electron chi connectivity index (χ4n) is 4.83. The van der Waals surface area contributed by atoms with Crippen LogP contribution in [0.25, 0.3) is 11.1 Å². The third-order valence-electron chi connectivity index (χ3n) is 6.91. The fourth-order valence-corrected chi connectivity index (χ4v) is 4.83. The van der Waals surface area contributed by atoms with Gasteiger partial charge in [-0.15, -0.1) is 0 Å². The lowest BCUT2D eigenvalue weighted by Crippen LogP contribution is -2.60. The Morgan fingerprint density at radius 3 is 1.95 bits per heavy atom. The highest BCUT2D eigenvalue weighted by molar-refractivity contribution is 5.91. The van der Waals surface area contributed by atoms with Crippen LogP contribution in [0.15, 0.2) is 78.9 Å². The van der Waals surface area contributed by atoms with Crippen LogP contribution in [0.2, 0.25) is 0 Å². The van der Waals surface area contributed by atoms with Crippen LogP contribution in [-0.2, 0) is 25.5 Å². The van der Waals surface area contributed by atoms with E-state index in [0.29, 0.717) is 0 Å². The summed E-state index contributed by atoms with van der Waals surface area (Å²) >= 11 is 0. The van der Waals surface area contributed by atoms with Crippen LogP contribution in [-0.4, -0.2) is 53.5 Å². The summed E-state index contributed by atoms with van der Waals surface area (Å²) in [5.41, 5.74) is 2.89. The van der Waals surface area contributed by atoms with E-state index in [1.165, 1.54) is 6.92 Å². The van der Waals surface area contributed by atoms with Crippen LogP contribution in [0, 0.1) is 0 Å². The average Bonchev–Trinajstić information content (AvgIpc) is 3.23. The minimum atomic E-state index is -1.61. The van der Waals surface area contributed by atoms with Gasteiger partial charge in [0.2, 0.25) is 5.91 Å². The Hall–Kier alpha value is -4.17. The summed E-state index contributed by atoms with van der Waals surface area (Å²) in [6, 6.07) is 23.9. The molecule has 0 bridgehead atoms. The van der Waals surface area contributed by atoms with Crippen LogP contribution >= 0.6 is 0 Å². The first-order valence-corrected chi connectivity index (χ1v) is 13.3. The van der Waals surface area contributed by atoms with Gasteiger partial charge < -0.3 is 25.2 Å². The van der Waals surface area contributed by atoms with Crippen LogP contribution in [0.3, 0.4) is 0 Å². The highest BCUT2D eigenvalue weighted by atomic mass is 16.5. The zero-order chi connectivity index (χ0) is 28.9. The number of ether oxygens (including phenoxy) is 2. The molecule has 1 aliphatic rings. The van der Waals surface area contributed by atoms with Crippen molar-refractivity contribution in [2.75, 3.05) is 13.2 Å². The van der Waals surface area contributed by atoms with Gasteiger partial charge >= 0.3 is 12.1 Å². The third-order valence-corrected chi connectivity index (χ3v) is 6.91. The van der Waals surface area contributed by atoms with Crippen molar-refractivity contribution in [1.82, 2.24) is 10.6 Å². The predicted molar refractivity (Wildman–Crippen MR) is 152 cm³/mol. The molecule has 0 aliphatic heterocycles. The Morgan fingerprint density at radius 1 is 0.850 bits per heavy atom. The van der Waals surface area contributed by atoms with Crippen molar-refractivity contribution >= 4 is 18.0 Å². The van der Waals surface area contributed by atoms with Gasteiger partial charge in [-0.3, -0.25) is 4.79 Å². The van der Waals surface area contributed by atoms with Gasteiger partial charge in [-0.2, -0.15) is 0 Å². The summed E-state index contributed by atoms with van der Waals surface area (Å²) in [4.78, 5) is 38.6. The molecule has 0 aromatic heterocycles. The number of nitrogens with one attached hydrogen (secondary N) is 2.